The standard InChI is InChI=1S/C13H23BO8S/c1-4-8(17)5(2-15)21-12(9(4)18)23-13-11(20)7(14)10(19)6(3-16)22-13/h4-13,15-20H,2-3H2,1H3/t4?,5?,6-,7?,8?,9?,10?,11?,12?,13+/m1/s1. The van der Waals surface area contributed by atoms with Crippen LogP contribution in [-0.2, 0) is 9.47 Å². The Hall–Kier alpha value is 0.0949. The minimum atomic E-state index is -1.23. The highest BCUT2D eigenvalue weighted by molar-refractivity contribution is 8.00. The zero-order valence-electron chi connectivity index (χ0n) is 12.7. The summed E-state index contributed by atoms with van der Waals surface area (Å²) < 4.78 is 10.9. The lowest BCUT2D eigenvalue weighted by Crippen LogP contribution is -2.56. The molecule has 0 aromatic carbocycles. The number of rotatable bonds is 4. The van der Waals surface area contributed by atoms with Crippen molar-refractivity contribution in [2.24, 2.45) is 5.92 Å². The molecule has 2 aliphatic rings. The van der Waals surface area contributed by atoms with Crippen LogP contribution in [0.4, 0.5) is 0 Å². The summed E-state index contributed by atoms with van der Waals surface area (Å²) in [6.07, 6.45) is -6.33. The SMILES string of the molecule is [B]C1C(O)[C@@H](CO)O[C@@H](SC2OC(CO)C(O)C(C)C2O)C1O. The van der Waals surface area contributed by atoms with E-state index in [2.05, 4.69) is 0 Å². The number of ether oxygens (including phenoxy) is 2. The Labute approximate surface area is 139 Å². The molecule has 2 heterocycles. The van der Waals surface area contributed by atoms with E-state index in [0.29, 0.717) is 0 Å². The van der Waals surface area contributed by atoms with Gasteiger partial charge in [0, 0.05) is 5.92 Å². The van der Waals surface area contributed by atoms with Gasteiger partial charge in [-0.25, -0.2) is 0 Å². The van der Waals surface area contributed by atoms with Crippen molar-refractivity contribution in [2.45, 2.75) is 60.2 Å². The van der Waals surface area contributed by atoms with Gasteiger partial charge in [0.15, 0.2) is 0 Å². The number of aliphatic hydroxyl groups excluding tert-OH is 6. The molecule has 10 atom stereocenters. The zero-order valence-corrected chi connectivity index (χ0v) is 13.5. The Morgan fingerprint density at radius 3 is 1.83 bits per heavy atom. The Morgan fingerprint density at radius 2 is 1.30 bits per heavy atom. The van der Waals surface area contributed by atoms with Crippen molar-refractivity contribution in [2.75, 3.05) is 13.2 Å². The maximum absolute atomic E-state index is 10.2. The van der Waals surface area contributed by atoms with Gasteiger partial charge in [-0.3, -0.25) is 0 Å². The monoisotopic (exact) mass is 350 g/mol. The first-order valence-electron chi connectivity index (χ1n) is 7.47. The molecule has 0 saturated carbocycles. The van der Waals surface area contributed by atoms with Crippen LogP contribution >= 0.6 is 11.8 Å². The van der Waals surface area contributed by atoms with E-state index in [1.54, 1.807) is 6.92 Å². The van der Waals surface area contributed by atoms with Crippen LogP contribution < -0.4 is 0 Å². The summed E-state index contributed by atoms with van der Waals surface area (Å²) in [5.41, 5.74) is -1.81. The van der Waals surface area contributed by atoms with E-state index in [1.165, 1.54) is 0 Å². The third-order valence-electron chi connectivity index (χ3n) is 4.43. The van der Waals surface area contributed by atoms with E-state index >= 15 is 0 Å². The number of hydrogen-bond acceptors (Lipinski definition) is 9. The van der Waals surface area contributed by atoms with Crippen molar-refractivity contribution in [1.29, 1.82) is 0 Å². The van der Waals surface area contributed by atoms with E-state index < -0.39 is 72.4 Å². The molecule has 8 unspecified atom stereocenters. The smallest absolute Gasteiger partial charge is 0.132 e. The fraction of sp³-hybridized carbons (Fsp3) is 1.00. The van der Waals surface area contributed by atoms with Crippen molar-refractivity contribution in [3.8, 4) is 0 Å². The van der Waals surface area contributed by atoms with Gasteiger partial charge < -0.3 is 40.1 Å². The molecule has 0 aromatic rings. The summed E-state index contributed by atoms with van der Waals surface area (Å²) in [5, 5.41) is 58.6. The van der Waals surface area contributed by atoms with E-state index in [-0.39, 0.29) is 0 Å². The predicted molar refractivity (Wildman–Crippen MR) is 81.8 cm³/mol. The van der Waals surface area contributed by atoms with Gasteiger partial charge in [0.25, 0.3) is 0 Å². The van der Waals surface area contributed by atoms with Crippen molar-refractivity contribution in [3.63, 3.8) is 0 Å². The number of aliphatic hydroxyl groups is 6. The third-order valence-corrected chi connectivity index (χ3v) is 5.75. The lowest BCUT2D eigenvalue weighted by molar-refractivity contribution is -0.181. The second-order valence-electron chi connectivity index (χ2n) is 5.99. The third kappa shape index (κ3) is 3.86. The summed E-state index contributed by atoms with van der Waals surface area (Å²) in [4.78, 5) is 0. The minimum absolute atomic E-state index is 0.416. The Balaban J connectivity index is 2.07. The van der Waals surface area contributed by atoms with Gasteiger partial charge in [0.1, 0.15) is 23.1 Å². The predicted octanol–water partition coefficient (Wildman–Crippen LogP) is -2.81. The summed E-state index contributed by atoms with van der Waals surface area (Å²) in [6.45, 7) is 0.736. The molecule has 10 heteroatoms. The highest BCUT2D eigenvalue weighted by Crippen LogP contribution is 2.40. The van der Waals surface area contributed by atoms with Gasteiger partial charge in [-0.15, -0.1) is 0 Å². The molecule has 132 valence electrons. The molecule has 2 radical (unpaired) electrons. The highest BCUT2D eigenvalue weighted by Gasteiger charge is 2.47. The van der Waals surface area contributed by atoms with Crippen LogP contribution in [0.5, 0.6) is 0 Å². The summed E-state index contributed by atoms with van der Waals surface area (Å²) >= 11 is 0.939. The maximum Gasteiger partial charge on any atom is 0.132 e. The normalized spacial score (nSPS) is 51.6. The first-order valence-corrected chi connectivity index (χ1v) is 8.42. The quantitative estimate of drug-likeness (QED) is 0.297. The van der Waals surface area contributed by atoms with E-state index in [4.69, 9.17) is 17.3 Å². The molecule has 0 amide bonds. The molecule has 0 bridgehead atoms. The van der Waals surface area contributed by atoms with Crippen LogP contribution in [0.3, 0.4) is 0 Å². The summed E-state index contributed by atoms with van der Waals surface area (Å²) in [6, 6.07) is 0. The van der Waals surface area contributed by atoms with Crippen LogP contribution in [0.2, 0.25) is 5.82 Å². The topological polar surface area (TPSA) is 140 Å². The molecule has 2 rings (SSSR count). The van der Waals surface area contributed by atoms with Crippen LogP contribution in [-0.4, -0.2) is 99.2 Å². The molecule has 8 nitrogen and oxygen atoms in total. The van der Waals surface area contributed by atoms with Gasteiger partial charge in [0.05, 0.1) is 45.5 Å². The van der Waals surface area contributed by atoms with Gasteiger partial charge >= 0.3 is 0 Å². The first kappa shape index (κ1) is 19.4. The molecule has 2 fully saturated rings. The average Bonchev–Trinajstić information content (AvgIpc) is 2.55. The minimum Gasteiger partial charge on any atom is -0.394 e. The van der Waals surface area contributed by atoms with Crippen molar-refractivity contribution in [1.82, 2.24) is 0 Å². The highest BCUT2D eigenvalue weighted by atomic mass is 32.2. The van der Waals surface area contributed by atoms with Gasteiger partial charge in [-0.05, 0) is 5.82 Å². The molecular formula is C13H23BO8S. The first-order chi connectivity index (χ1) is 10.8. The number of thioether (sulfide) groups is 1. The average molecular weight is 350 g/mol. The summed E-state index contributed by atoms with van der Waals surface area (Å²) in [7, 11) is 5.73. The van der Waals surface area contributed by atoms with Crippen LogP contribution in [0, 0.1) is 5.92 Å². The fourth-order valence-electron chi connectivity index (χ4n) is 2.75. The molecule has 0 spiro atoms. The second kappa shape index (κ2) is 7.98. The van der Waals surface area contributed by atoms with Gasteiger partial charge in [0.2, 0.25) is 0 Å². The molecular weight excluding hydrogens is 327 g/mol. The molecule has 0 aromatic heterocycles. The van der Waals surface area contributed by atoms with Crippen LogP contribution in [0.15, 0.2) is 0 Å². The van der Waals surface area contributed by atoms with Crippen LogP contribution in [0.25, 0.3) is 0 Å². The van der Waals surface area contributed by atoms with Crippen molar-refractivity contribution >= 4 is 19.6 Å². The van der Waals surface area contributed by atoms with Crippen molar-refractivity contribution in [3.05, 3.63) is 0 Å². The summed E-state index contributed by atoms with van der Waals surface area (Å²) in [5.74, 6) is -1.57. The van der Waals surface area contributed by atoms with Gasteiger partial charge in [-0.2, -0.15) is 0 Å². The second-order valence-corrected chi connectivity index (χ2v) is 7.19. The molecule has 23 heavy (non-hydrogen) atoms. The molecule has 2 saturated heterocycles. The van der Waals surface area contributed by atoms with Crippen molar-refractivity contribution < 1.29 is 40.1 Å². The largest absolute Gasteiger partial charge is 0.394 e. The lowest BCUT2D eigenvalue weighted by atomic mass is 9.75. The number of hydrogen-bond donors (Lipinski definition) is 6. The zero-order chi connectivity index (χ0) is 17.3. The molecule has 0 aliphatic carbocycles. The fourth-order valence-corrected chi connectivity index (χ4v) is 4.18. The van der Waals surface area contributed by atoms with Gasteiger partial charge in [-0.1, -0.05) is 18.7 Å². The maximum atomic E-state index is 10.2. The molecule has 6 N–H and O–H groups in total. The Morgan fingerprint density at radius 1 is 0.826 bits per heavy atom. The van der Waals surface area contributed by atoms with Crippen LogP contribution in [0.1, 0.15) is 6.92 Å². The Kier molecular flexibility index (Phi) is 6.74. The van der Waals surface area contributed by atoms with E-state index in [1.807, 2.05) is 0 Å². The Bertz CT molecular complexity index is 353. The lowest BCUT2D eigenvalue weighted by Gasteiger charge is -2.45. The van der Waals surface area contributed by atoms with E-state index in [0.717, 1.165) is 11.8 Å². The molecule has 2 aliphatic heterocycles. The van der Waals surface area contributed by atoms with E-state index in [9.17, 15) is 30.6 Å².